The number of aromatic nitrogens is 2. The highest BCUT2D eigenvalue weighted by Crippen LogP contribution is 2.26. The third-order valence-electron chi connectivity index (χ3n) is 1.83. The Morgan fingerprint density at radius 3 is 2.94 bits per heavy atom. The van der Waals surface area contributed by atoms with Crippen molar-refractivity contribution in [3.05, 3.63) is 40.8 Å². The first-order valence-electron chi connectivity index (χ1n) is 4.52. The number of nitrogens with zero attached hydrogens (tertiary/aromatic N) is 2. The summed E-state index contributed by atoms with van der Waals surface area (Å²) in [5, 5.41) is 3.88. The van der Waals surface area contributed by atoms with Gasteiger partial charge >= 0.3 is 0 Å². The first-order valence-corrected chi connectivity index (χ1v) is 5.88. The molecule has 0 amide bonds. The molecule has 6 heteroatoms. The standard InChI is InChI=1S/C10H8ClFN2OS/c1-6-13-10(14-15-6)5-16-7-2-3-9(12)8(11)4-7/h2-4H,5H2,1H3. The molecule has 0 bridgehead atoms. The molecule has 0 spiro atoms. The fraction of sp³-hybridized carbons (Fsp3) is 0.200. The lowest BCUT2D eigenvalue weighted by atomic mass is 10.3. The lowest BCUT2D eigenvalue weighted by Gasteiger charge is -1.99. The normalized spacial score (nSPS) is 10.7. The quantitative estimate of drug-likeness (QED) is 0.791. The average molecular weight is 259 g/mol. The van der Waals surface area contributed by atoms with Crippen molar-refractivity contribution < 1.29 is 8.91 Å². The van der Waals surface area contributed by atoms with Crippen LogP contribution in [0, 0.1) is 12.7 Å². The van der Waals surface area contributed by atoms with Crippen LogP contribution in [0.25, 0.3) is 0 Å². The van der Waals surface area contributed by atoms with Crippen LogP contribution in [-0.4, -0.2) is 10.1 Å². The van der Waals surface area contributed by atoms with Crippen LogP contribution in [0.1, 0.15) is 11.7 Å². The molecule has 0 aliphatic carbocycles. The van der Waals surface area contributed by atoms with Gasteiger partial charge in [-0.05, 0) is 18.2 Å². The van der Waals surface area contributed by atoms with E-state index in [9.17, 15) is 4.39 Å². The Labute approximate surface area is 101 Å². The predicted molar refractivity (Wildman–Crippen MR) is 60.0 cm³/mol. The van der Waals surface area contributed by atoms with E-state index >= 15 is 0 Å². The minimum atomic E-state index is -0.415. The largest absolute Gasteiger partial charge is 0.340 e. The van der Waals surface area contributed by atoms with Crippen LogP contribution in [-0.2, 0) is 5.75 Å². The SMILES string of the molecule is Cc1nc(CSc2ccc(F)c(Cl)c2)no1. The molecule has 0 aliphatic heterocycles. The lowest BCUT2D eigenvalue weighted by Crippen LogP contribution is -1.84. The van der Waals surface area contributed by atoms with Gasteiger partial charge in [-0.2, -0.15) is 4.98 Å². The fourth-order valence-corrected chi connectivity index (χ4v) is 2.14. The van der Waals surface area contributed by atoms with Crippen molar-refractivity contribution in [3.8, 4) is 0 Å². The van der Waals surface area contributed by atoms with Gasteiger partial charge in [-0.25, -0.2) is 4.39 Å². The summed E-state index contributed by atoms with van der Waals surface area (Å²) in [5.74, 6) is 1.30. The van der Waals surface area contributed by atoms with E-state index in [-0.39, 0.29) is 5.02 Å². The van der Waals surface area contributed by atoms with Gasteiger partial charge in [-0.15, -0.1) is 11.8 Å². The van der Waals surface area contributed by atoms with E-state index in [0.29, 0.717) is 17.5 Å². The van der Waals surface area contributed by atoms with Crippen molar-refractivity contribution >= 4 is 23.4 Å². The van der Waals surface area contributed by atoms with Gasteiger partial charge in [0.25, 0.3) is 0 Å². The molecule has 0 N–H and O–H groups in total. The van der Waals surface area contributed by atoms with Gasteiger partial charge in [0, 0.05) is 11.8 Å². The van der Waals surface area contributed by atoms with E-state index in [1.54, 1.807) is 19.1 Å². The van der Waals surface area contributed by atoms with Crippen molar-refractivity contribution in [2.45, 2.75) is 17.6 Å². The molecule has 0 radical (unpaired) electrons. The second kappa shape index (κ2) is 4.84. The number of thioether (sulfide) groups is 1. The number of hydrogen-bond donors (Lipinski definition) is 0. The van der Waals surface area contributed by atoms with Gasteiger partial charge in [-0.1, -0.05) is 16.8 Å². The molecule has 1 heterocycles. The Morgan fingerprint density at radius 1 is 1.50 bits per heavy atom. The van der Waals surface area contributed by atoms with Crippen LogP contribution < -0.4 is 0 Å². The number of benzene rings is 1. The van der Waals surface area contributed by atoms with E-state index in [1.807, 2.05) is 0 Å². The highest BCUT2D eigenvalue weighted by atomic mass is 35.5. The summed E-state index contributed by atoms with van der Waals surface area (Å²) in [6.07, 6.45) is 0. The summed E-state index contributed by atoms with van der Waals surface area (Å²) < 4.78 is 17.7. The van der Waals surface area contributed by atoms with E-state index in [1.165, 1.54) is 17.8 Å². The summed E-state index contributed by atoms with van der Waals surface area (Å²) in [5.41, 5.74) is 0. The molecule has 0 atom stereocenters. The fourth-order valence-electron chi connectivity index (χ4n) is 1.11. The monoisotopic (exact) mass is 258 g/mol. The third kappa shape index (κ3) is 2.74. The van der Waals surface area contributed by atoms with Crippen LogP contribution in [0.15, 0.2) is 27.6 Å². The topological polar surface area (TPSA) is 38.9 Å². The van der Waals surface area contributed by atoms with Crippen molar-refractivity contribution in [2.24, 2.45) is 0 Å². The summed E-state index contributed by atoms with van der Waals surface area (Å²) in [6.45, 7) is 1.73. The smallest absolute Gasteiger partial charge is 0.223 e. The minimum absolute atomic E-state index is 0.120. The third-order valence-corrected chi connectivity index (χ3v) is 3.11. The van der Waals surface area contributed by atoms with E-state index in [2.05, 4.69) is 10.1 Å². The Morgan fingerprint density at radius 2 is 2.31 bits per heavy atom. The van der Waals surface area contributed by atoms with Crippen molar-refractivity contribution in [3.63, 3.8) is 0 Å². The second-order valence-corrected chi connectivity index (χ2v) is 4.55. The Bertz CT molecular complexity index is 503. The summed E-state index contributed by atoms with van der Waals surface area (Å²) in [4.78, 5) is 4.93. The highest BCUT2D eigenvalue weighted by molar-refractivity contribution is 7.98. The van der Waals surface area contributed by atoms with Gasteiger partial charge < -0.3 is 4.52 Å². The molecule has 2 aromatic rings. The number of hydrogen-bond acceptors (Lipinski definition) is 4. The van der Waals surface area contributed by atoms with Crippen molar-refractivity contribution in [1.29, 1.82) is 0 Å². The zero-order valence-electron chi connectivity index (χ0n) is 8.41. The molecule has 0 aliphatic rings. The van der Waals surface area contributed by atoms with Crippen molar-refractivity contribution in [1.82, 2.24) is 10.1 Å². The van der Waals surface area contributed by atoms with Gasteiger partial charge in [0.1, 0.15) is 5.82 Å². The van der Waals surface area contributed by atoms with Gasteiger partial charge in [0.2, 0.25) is 5.89 Å². The Hall–Kier alpha value is -1.07. The van der Waals surface area contributed by atoms with Gasteiger partial charge in [0.05, 0.1) is 10.8 Å². The maximum atomic E-state index is 12.9. The van der Waals surface area contributed by atoms with Crippen LogP contribution >= 0.6 is 23.4 Å². The maximum Gasteiger partial charge on any atom is 0.223 e. The number of rotatable bonds is 3. The zero-order chi connectivity index (χ0) is 11.5. The maximum absolute atomic E-state index is 12.9. The molecule has 16 heavy (non-hydrogen) atoms. The van der Waals surface area contributed by atoms with Crippen LogP contribution in [0.4, 0.5) is 4.39 Å². The van der Waals surface area contributed by atoms with Gasteiger partial charge in [0.15, 0.2) is 5.82 Å². The molecular weight excluding hydrogens is 251 g/mol. The molecular formula is C10H8ClFN2OS. The number of halogens is 2. The molecule has 0 saturated heterocycles. The molecule has 2 rings (SSSR count). The lowest BCUT2D eigenvalue weighted by molar-refractivity contribution is 0.389. The Balaban J connectivity index is 2.02. The molecule has 0 saturated carbocycles. The zero-order valence-corrected chi connectivity index (χ0v) is 9.98. The molecule has 1 aromatic carbocycles. The summed E-state index contributed by atoms with van der Waals surface area (Å²) in [7, 11) is 0. The molecule has 3 nitrogen and oxygen atoms in total. The highest BCUT2D eigenvalue weighted by Gasteiger charge is 2.05. The van der Waals surface area contributed by atoms with E-state index < -0.39 is 5.82 Å². The van der Waals surface area contributed by atoms with E-state index in [4.69, 9.17) is 16.1 Å². The minimum Gasteiger partial charge on any atom is -0.340 e. The summed E-state index contributed by atoms with van der Waals surface area (Å²) >= 11 is 7.14. The van der Waals surface area contributed by atoms with Crippen LogP contribution in [0.5, 0.6) is 0 Å². The van der Waals surface area contributed by atoms with Crippen LogP contribution in [0.3, 0.4) is 0 Å². The summed E-state index contributed by atoms with van der Waals surface area (Å²) in [6, 6.07) is 4.58. The Kier molecular flexibility index (Phi) is 3.46. The van der Waals surface area contributed by atoms with Gasteiger partial charge in [-0.3, -0.25) is 0 Å². The predicted octanol–water partition coefficient (Wildman–Crippen LogP) is 3.46. The number of aryl methyl sites for hydroxylation is 1. The average Bonchev–Trinajstić information content (AvgIpc) is 2.66. The second-order valence-electron chi connectivity index (χ2n) is 3.09. The molecule has 1 aromatic heterocycles. The van der Waals surface area contributed by atoms with Crippen molar-refractivity contribution in [2.75, 3.05) is 0 Å². The van der Waals surface area contributed by atoms with Crippen LogP contribution in [0.2, 0.25) is 5.02 Å². The molecule has 0 fully saturated rings. The first-order chi connectivity index (χ1) is 7.65. The molecule has 84 valence electrons. The van der Waals surface area contributed by atoms with E-state index in [0.717, 1.165) is 4.90 Å². The first kappa shape index (κ1) is 11.4. The molecule has 0 unspecified atom stereocenters.